The molecule has 6 heteroatoms. The number of imide groups is 1. The zero-order valence-corrected chi connectivity index (χ0v) is 10.0. The third-order valence-corrected chi connectivity index (χ3v) is 2.81. The predicted molar refractivity (Wildman–Crippen MR) is 65.0 cm³/mol. The van der Waals surface area contributed by atoms with Crippen molar-refractivity contribution in [2.75, 3.05) is 13.1 Å². The maximum absolute atomic E-state index is 12.0. The molecule has 0 aliphatic carbocycles. The molecular weight excluding hydrogens is 246 g/mol. The van der Waals surface area contributed by atoms with Crippen LogP contribution in [0.15, 0.2) is 24.3 Å². The minimum absolute atomic E-state index is 0.00680. The fourth-order valence-corrected chi connectivity index (χ4v) is 1.88. The van der Waals surface area contributed by atoms with Crippen molar-refractivity contribution in [1.82, 2.24) is 10.2 Å². The Morgan fingerprint density at radius 3 is 2.32 bits per heavy atom. The van der Waals surface area contributed by atoms with Gasteiger partial charge < -0.3 is 5.32 Å². The van der Waals surface area contributed by atoms with Crippen LogP contribution >= 0.6 is 0 Å². The third-order valence-electron chi connectivity index (χ3n) is 2.81. The Kier molecular flexibility index (Phi) is 3.57. The van der Waals surface area contributed by atoms with Crippen LogP contribution in [-0.2, 0) is 4.79 Å². The standard InChI is InChI=1S/C13H11N3O3/c14-6-7-15-11(17)5-8-16-12(18)9-3-1-2-4-10(9)13(16)19/h1-4H,5,7-8H2,(H,15,17). The molecular formula is C13H11N3O3. The van der Waals surface area contributed by atoms with Crippen LogP contribution in [0.4, 0.5) is 0 Å². The Morgan fingerprint density at radius 1 is 1.21 bits per heavy atom. The fourth-order valence-electron chi connectivity index (χ4n) is 1.88. The third kappa shape index (κ3) is 2.45. The van der Waals surface area contributed by atoms with Crippen molar-refractivity contribution in [3.05, 3.63) is 35.4 Å². The van der Waals surface area contributed by atoms with E-state index in [1.54, 1.807) is 30.3 Å². The average molecular weight is 257 g/mol. The first-order valence-corrected chi connectivity index (χ1v) is 5.74. The van der Waals surface area contributed by atoms with Crippen molar-refractivity contribution in [2.45, 2.75) is 6.42 Å². The van der Waals surface area contributed by atoms with Gasteiger partial charge in [-0.1, -0.05) is 12.1 Å². The Hall–Kier alpha value is -2.68. The number of nitrogens with zero attached hydrogens (tertiary/aromatic N) is 2. The first-order valence-electron chi connectivity index (χ1n) is 5.74. The number of rotatable bonds is 4. The predicted octanol–water partition coefficient (Wildman–Crippen LogP) is 0.312. The first kappa shape index (κ1) is 12.8. The lowest BCUT2D eigenvalue weighted by Crippen LogP contribution is -2.34. The lowest BCUT2D eigenvalue weighted by atomic mass is 10.1. The molecule has 0 aromatic heterocycles. The van der Waals surface area contributed by atoms with Crippen molar-refractivity contribution in [3.8, 4) is 6.07 Å². The Bertz CT molecular complexity index is 554. The van der Waals surface area contributed by atoms with Crippen molar-refractivity contribution in [3.63, 3.8) is 0 Å². The quantitative estimate of drug-likeness (QED) is 0.621. The molecule has 0 atom stereocenters. The number of amides is 3. The molecule has 0 saturated heterocycles. The molecule has 0 unspecified atom stereocenters. The highest BCUT2D eigenvalue weighted by atomic mass is 16.2. The molecule has 0 fully saturated rings. The van der Waals surface area contributed by atoms with Crippen LogP contribution in [0.25, 0.3) is 0 Å². The van der Waals surface area contributed by atoms with Gasteiger partial charge in [-0.3, -0.25) is 19.3 Å². The second kappa shape index (κ2) is 5.31. The number of carbonyl (C=O) groups is 3. The van der Waals surface area contributed by atoms with Crippen LogP contribution in [0.2, 0.25) is 0 Å². The molecule has 1 aromatic rings. The van der Waals surface area contributed by atoms with Gasteiger partial charge in [0.2, 0.25) is 5.91 Å². The molecule has 19 heavy (non-hydrogen) atoms. The normalized spacial score (nSPS) is 13.1. The minimum Gasteiger partial charge on any atom is -0.343 e. The highest BCUT2D eigenvalue weighted by Crippen LogP contribution is 2.22. The number of fused-ring (bicyclic) bond motifs is 1. The van der Waals surface area contributed by atoms with Crippen molar-refractivity contribution in [1.29, 1.82) is 5.26 Å². The van der Waals surface area contributed by atoms with Crippen LogP contribution < -0.4 is 5.32 Å². The van der Waals surface area contributed by atoms with E-state index in [0.717, 1.165) is 4.90 Å². The highest BCUT2D eigenvalue weighted by Gasteiger charge is 2.34. The van der Waals surface area contributed by atoms with E-state index in [4.69, 9.17) is 5.26 Å². The Morgan fingerprint density at radius 2 is 1.79 bits per heavy atom. The van der Waals surface area contributed by atoms with E-state index in [1.165, 1.54) is 0 Å². The van der Waals surface area contributed by atoms with Gasteiger partial charge in [0.05, 0.1) is 17.2 Å². The summed E-state index contributed by atoms with van der Waals surface area (Å²) >= 11 is 0. The van der Waals surface area contributed by atoms with E-state index in [9.17, 15) is 14.4 Å². The van der Waals surface area contributed by atoms with E-state index in [-0.39, 0.29) is 37.2 Å². The zero-order valence-electron chi connectivity index (χ0n) is 10.0. The average Bonchev–Trinajstić information content (AvgIpc) is 2.67. The van der Waals surface area contributed by atoms with Gasteiger partial charge in [-0.05, 0) is 12.1 Å². The second-order valence-corrected chi connectivity index (χ2v) is 3.99. The van der Waals surface area contributed by atoms with Gasteiger partial charge in [-0.25, -0.2) is 0 Å². The molecule has 3 amide bonds. The molecule has 0 bridgehead atoms. The van der Waals surface area contributed by atoms with Gasteiger partial charge in [0, 0.05) is 13.0 Å². The van der Waals surface area contributed by atoms with E-state index in [1.807, 2.05) is 0 Å². The van der Waals surface area contributed by atoms with Crippen LogP contribution in [0, 0.1) is 11.3 Å². The van der Waals surface area contributed by atoms with Gasteiger partial charge in [0.25, 0.3) is 11.8 Å². The van der Waals surface area contributed by atoms with Gasteiger partial charge in [0.1, 0.15) is 6.54 Å². The monoisotopic (exact) mass is 257 g/mol. The largest absolute Gasteiger partial charge is 0.343 e. The van der Waals surface area contributed by atoms with Gasteiger partial charge in [0.15, 0.2) is 0 Å². The summed E-state index contributed by atoms with van der Waals surface area (Å²) in [7, 11) is 0. The Labute approximate surface area is 109 Å². The molecule has 6 nitrogen and oxygen atoms in total. The van der Waals surface area contributed by atoms with Crippen LogP contribution in [0.1, 0.15) is 27.1 Å². The number of hydrogen-bond donors (Lipinski definition) is 1. The summed E-state index contributed by atoms with van der Waals surface area (Å²) in [4.78, 5) is 36.3. The molecule has 1 aliphatic rings. The van der Waals surface area contributed by atoms with Gasteiger partial charge in [-0.2, -0.15) is 5.26 Å². The molecule has 1 aromatic carbocycles. The molecule has 0 spiro atoms. The molecule has 1 heterocycles. The number of benzene rings is 1. The van der Waals surface area contributed by atoms with Gasteiger partial charge in [-0.15, -0.1) is 0 Å². The molecule has 0 saturated carbocycles. The summed E-state index contributed by atoms with van der Waals surface area (Å²) in [6, 6.07) is 8.33. The van der Waals surface area contributed by atoms with Crippen molar-refractivity contribution >= 4 is 17.7 Å². The smallest absolute Gasteiger partial charge is 0.261 e. The summed E-state index contributed by atoms with van der Waals surface area (Å²) < 4.78 is 0. The van der Waals surface area contributed by atoms with E-state index >= 15 is 0 Å². The van der Waals surface area contributed by atoms with Crippen LogP contribution in [0.3, 0.4) is 0 Å². The SMILES string of the molecule is N#CCNC(=O)CCN1C(=O)c2ccccc2C1=O. The summed E-state index contributed by atoms with van der Waals surface area (Å²) in [6.07, 6.45) is -0.00680. The first-order chi connectivity index (χ1) is 9.15. The van der Waals surface area contributed by atoms with Crippen LogP contribution in [0.5, 0.6) is 0 Å². The summed E-state index contributed by atoms with van der Waals surface area (Å²) in [5.41, 5.74) is 0.731. The summed E-state index contributed by atoms with van der Waals surface area (Å²) in [5, 5.41) is 10.7. The highest BCUT2D eigenvalue weighted by molar-refractivity contribution is 6.21. The fraction of sp³-hybridized carbons (Fsp3) is 0.231. The van der Waals surface area contributed by atoms with E-state index in [0.29, 0.717) is 11.1 Å². The molecule has 2 rings (SSSR count). The number of carbonyl (C=O) groups excluding carboxylic acids is 3. The van der Waals surface area contributed by atoms with E-state index < -0.39 is 0 Å². The summed E-state index contributed by atoms with van der Waals surface area (Å²) in [5.74, 6) is -1.12. The zero-order chi connectivity index (χ0) is 13.8. The summed E-state index contributed by atoms with van der Waals surface area (Å²) in [6.45, 7) is -0.0649. The number of nitrogens with one attached hydrogen (secondary N) is 1. The van der Waals surface area contributed by atoms with Crippen LogP contribution in [-0.4, -0.2) is 35.7 Å². The maximum atomic E-state index is 12.0. The maximum Gasteiger partial charge on any atom is 0.261 e. The minimum atomic E-state index is -0.381. The van der Waals surface area contributed by atoms with Crippen molar-refractivity contribution < 1.29 is 14.4 Å². The number of hydrogen-bond acceptors (Lipinski definition) is 4. The second-order valence-electron chi connectivity index (χ2n) is 3.99. The molecule has 1 N–H and O–H groups in total. The Balaban J connectivity index is 2.01. The lowest BCUT2D eigenvalue weighted by Gasteiger charge is -2.12. The topological polar surface area (TPSA) is 90.3 Å². The number of nitriles is 1. The van der Waals surface area contributed by atoms with E-state index in [2.05, 4.69) is 5.32 Å². The molecule has 1 aliphatic heterocycles. The van der Waals surface area contributed by atoms with Gasteiger partial charge >= 0.3 is 0 Å². The molecule has 0 radical (unpaired) electrons. The molecule has 96 valence electrons. The lowest BCUT2D eigenvalue weighted by molar-refractivity contribution is -0.120. The van der Waals surface area contributed by atoms with Crippen molar-refractivity contribution in [2.24, 2.45) is 0 Å².